The monoisotopic (exact) mass is 191 g/mol. The maximum Gasteiger partial charge on any atom is 0.342 e. The summed E-state index contributed by atoms with van der Waals surface area (Å²) in [6.07, 6.45) is 1.61. The first kappa shape index (κ1) is 8.68. The quantitative estimate of drug-likeness (QED) is 0.626. The third-order valence-electron chi connectivity index (χ3n) is 1.98. The van der Waals surface area contributed by atoms with Crippen molar-refractivity contribution >= 4 is 11.5 Å². The largest absolute Gasteiger partial charge is 0.465 e. The van der Waals surface area contributed by atoms with Gasteiger partial charge in [-0.25, -0.2) is 4.79 Å². The Morgan fingerprint density at radius 3 is 3.07 bits per heavy atom. The molecule has 14 heavy (non-hydrogen) atoms. The molecule has 2 aromatic heterocycles. The second-order valence-corrected chi connectivity index (χ2v) is 2.85. The molecule has 0 aliphatic heterocycles. The minimum Gasteiger partial charge on any atom is -0.465 e. The zero-order chi connectivity index (χ0) is 10.1. The molecule has 0 bridgehead atoms. The van der Waals surface area contributed by atoms with E-state index < -0.39 is 0 Å². The fraction of sp³-hybridized carbons (Fsp3) is 0.222. The van der Waals surface area contributed by atoms with Gasteiger partial charge in [-0.2, -0.15) is 14.8 Å². The molecular formula is C9H9N3O2. The number of fused-ring (bicyclic) bond motifs is 1. The molecule has 5 heteroatoms. The molecule has 0 saturated carbocycles. The van der Waals surface area contributed by atoms with Gasteiger partial charge in [-0.05, 0) is 19.1 Å². The summed E-state index contributed by atoms with van der Waals surface area (Å²) in [5.41, 5.74) is 1.76. The van der Waals surface area contributed by atoms with Crippen LogP contribution in [0.1, 0.15) is 16.1 Å². The molecule has 0 radical (unpaired) electrons. The van der Waals surface area contributed by atoms with Crippen molar-refractivity contribution < 1.29 is 9.53 Å². The molecule has 0 atom stereocenters. The van der Waals surface area contributed by atoms with Crippen molar-refractivity contribution in [2.24, 2.45) is 0 Å². The number of hydrogen-bond acceptors (Lipinski definition) is 4. The first-order valence-electron chi connectivity index (χ1n) is 4.13. The van der Waals surface area contributed by atoms with Crippen LogP contribution in [-0.4, -0.2) is 27.9 Å². The highest BCUT2D eigenvalue weighted by Gasteiger charge is 2.17. The molecule has 0 aliphatic rings. The number of esters is 1. The van der Waals surface area contributed by atoms with Crippen molar-refractivity contribution in [3.05, 3.63) is 29.6 Å². The number of carbonyl (C=O) groups excluding carboxylic acids is 1. The molecule has 0 saturated heterocycles. The SMILES string of the molecule is COC(=O)c1c(C)nn2ncccc12. The summed E-state index contributed by atoms with van der Waals surface area (Å²) in [6.45, 7) is 1.75. The molecule has 0 aliphatic carbocycles. The van der Waals surface area contributed by atoms with E-state index in [0.717, 1.165) is 0 Å². The van der Waals surface area contributed by atoms with E-state index in [1.807, 2.05) is 0 Å². The van der Waals surface area contributed by atoms with E-state index in [9.17, 15) is 4.79 Å². The van der Waals surface area contributed by atoms with Crippen molar-refractivity contribution in [2.75, 3.05) is 7.11 Å². The second-order valence-electron chi connectivity index (χ2n) is 2.85. The molecule has 2 aromatic rings. The lowest BCUT2D eigenvalue weighted by Gasteiger charge is -1.96. The second kappa shape index (κ2) is 3.10. The first-order valence-corrected chi connectivity index (χ1v) is 4.13. The number of ether oxygens (including phenoxy) is 1. The van der Waals surface area contributed by atoms with Crippen LogP contribution in [0.15, 0.2) is 18.3 Å². The summed E-state index contributed by atoms with van der Waals surface area (Å²) in [7, 11) is 1.35. The van der Waals surface area contributed by atoms with Gasteiger partial charge in [0.25, 0.3) is 0 Å². The van der Waals surface area contributed by atoms with Crippen LogP contribution in [0.5, 0.6) is 0 Å². The zero-order valence-electron chi connectivity index (χ0n) is 7.89. The Labute approximate surface area is 80.3 Å². The van der Waals surface area contributed by atoms with E-state index in [1.54, 1.807) is 25.3 Å². The van der Waals surface area contributed by atoms with E-state index in [4.69, 9.17) is 0 Å². The van der Waals surface area contributed by atoms with Crippen molar-refractivity contribution in [1.29, 1.82) is 0 Å². The molecular weight excluding hydrogens is 182 g/mol. The van der Waals surface area contributed by atoms with Crippen molar-refractivity contribution in [3.8, 4) is 0 Å². The van der Waals surface area contributed by atoms with Crippen LogP contribution < -0.4 is 0 Å². The highest BCUT2D eigenvalue weighted by Crippen LogP contribution is 2.14. The average molecular weight is 191 g/mol. The van der Waals surface area contributed by atoms with Crippen LogP contribution in [0.25, 0.3) is 5.52 Å². The Hall–Kier alpha value is -1.91. The topological polar surface area (TPSA) is 56.5 Å². The van der Waals surface area contributed by atoms with E-state index in [1.165, 1.54) is 11.7 Å². The lowest BCUT2D eigenvalue weighted by molar-refractivity contribution is 0.0602. The van der Waals surface area contributed by atoms with Crippen LogP contribution >= 0.6 is 0 Å². The van der Waals surface area contributed by atoms with Gasteiger partial charge in [-0.15, -0.1) is 0 Å². The van der Waals surface area contributed by atoms with E-state index in [2.05, 4.69) is 14.9 Å². The zero-order valence-corrected chi connectivity index (χ0v) is 7.89. The molecule has 5 nitrogen and oxygen atoms in total. The molecule has 0 unspecified atom stereocenters. The summed E-state index contributed by atoms with van der Waals surface area (Å²) in [6, 6.07) is 3.53. The normalized spacial score (nSPS) is 10.4. The van der Waals surface area contributed by atoms with Crippen LogP contribution in [-0.2, 0) is 4.74 Å². The van der Waals surface area contributed by atoms with Gasteiger partial charge in [0.15, 0.2) is 0 Å². The molecule has 2 rings (SSSR count). The van der Waals surface area contributed by atoms with Gasteiger partial charge < -0.3 is 4.74 Å². The summed E-state index contributed by atoms with van der Waals surface area (Å²) >= 11 is 0. The summed E-state index contributed by atoms with van der Waals surface area (Å²) in [5, 5.41) is 8.06. The van der Waals surface area contributed by atoms with Crippen molar-refractivity contribution in [3.63, 3.8) is 0 Å². The predicted molar refractivity (Wildman–Crippen MR) is 49.1 cm³/mol. The van der Waals surface area contributed by atoms with Gasteiger partial charge >= 0.3 is 5.97 Å². The molecule has 0 fully saturated rings. The number of aryl methyl sites for hydroxylation is 1. The number of carbonyl (C=O) groups is 1. The molecule has 0 N–H and O–H groups in total. The predicted octanol–water partition coefficient (Wildman–Crippen LogP) is 0.824. The summed E-state index contributed by atoms with van der Waals surface area (Å²) in [4.78, 5) is 11.4. The maximum atomic E-state index is 11.4. The molecule has 72 valence electrons. The fourth-order valence-electron chi connectivity index (χ4n) is 1.36. The number of rotatable bonds is 1. The Balaban J connectivity index is 2.74. The third kappa shape index (κ3) is 1.14. The molecule has 0 aromatic carbocycles. The third-order valence-corrected chi connectivity index (χ3v) is 1.98. The Morgan fingerprint density at radius 2 is 2.36 bits per heavy atom. The van der Waals surface area contributed by atoms with Crippen LogP contribution in [0, 0.1) is 6.92 Å². The van der Waals surface area contributed by atoms with Gasteiger partial charge in [-0.1, -0.05) is 0 Å². The molecule has 2 heterocycles. The summed E-state index contributed by atoms with van der Waals surface area (Å²) < 4.78 is 6.08. The highest BCUT2D eigenvalue weighted by molar-refractivity contribution is 5.97. The fourth-order valence-corrected chi connectivity index (χ4v) is 1.36. The van der Waals surface area contributed by atoms with E-state index >= 15 is 0 Å². The maximum absolute atomic E-state index is 11.4. The summed E-state index contributed by atoms with van der Waals surface area (Å²) in [5.74, 6) is -0.384. The smallest absolute Gasteiger partial charge is 0.342 e. The van der Waals surface area contributed by atoms with Crippen LogP contribution in [0.3, 0.4) is 0 Å². The number of methoxy groups -OCH3 is 1. The van der Waals surface area contributed by atoms with Crippen molar-refractivity contribution in [1.82, 2.24) is 14.8 Å². The Morgan fingerprint density at radius 1 is 1.57 bits per heavy atom. The van der Waals surface area contributed by atoms with Crippen LogP contribution in [0.2, 0.25) is 0 Å². The first-order chi connectivity index (χ1) is 6.74. The molecule has 0 spiro atoms. The lowest BCUT2D eigenvalue weighted by atomic mass is 10.2. The number of aromatic nitrogens is 3. The van der Waals surface area contributed by atoms with E-state index in [0.29, 0.717) is 16.8 Å². The standard InChI is InChI=1S/C9H9N3O2/c1-6-8(9(13)14-2)7-4-3-5-10-12(7)11-6/h3-5H,1-2H3. The van der Waals surface area contributed by atoms with E-state index in [-0.39, 0.29) is 5.97 Å². The number of nitrogens with zero attached hydrogens (tertiary/aromatic N) is 3. The van der Waals surface area contributed by atoms with Crippen LogP contribution in [0.4, 0.5) is 0 Å². The van der Waals surface area contributed by atoms with Crippen molar-refractivity contribution in [2.45, 2.75) is 6.92 Å². The van der Waals surface area contributed by atoms with Gasteiger partial charge in [0.2, 0.25) is 0 Å². The van der Waals surface area contributed by atoms with Gasteiger partial charge in [-0.3, -0.25) is 0 Å². The molecule has 0 amide bonds. The minimum atomic E-state index is -0.384. The Bertz CT molecular complexity index is 490. The highest BCUT2D eigenvalue weighted by atomic mass is 16.5. The Kier molecular flexibility index (Phi) is 1.92. The van der Waals surface area contributed by atoms with Gasteiger partial charge in [0, 0.05) is 6.20 Å². The average Bonchev–Trinajstić information content (AvgIpc) is 2.53. The number of hydrogen-bond donors (Lipinski definition) is 0. The van der Waals surface area contributed by atoms with Gasteiger partial charge in [0.1, 0.15) is 11.1 Å². The lowest BCUT2D eigenvalue weighted by Crippen LogP contribution is -2.02. The van der Waals surface area contributed by atoms with Gasteiger partial charge in [0.05, 0.1) is 12.8 Å². The minimum absolute atomic E-state index is 0.384.